The lowest BCUT2D eigenvalue weighted by molar-refractivity contribution is -0.158. The number of ether oxygens (including phenoxy) is 4. The molecule has 5 unspecified atom stereocenters. The average Bonchev–Trinajstić information content (AvgIpc) is 3.80. The van der Waals surface area contributed by atoms with Gasteiger partial charge in [-0.3, -0.25) is 9.59 Å². The topological polar surface area (TPSA) is 77.7 Å². The Morgan fingerprint density at radius 1 is 0.595 bits per heavy atom. The fourth-order valence-corrected chi connectivity index (χ4v) is 5.10. The smallest absolute Gasteiger partial charge is 0.306 e. The Morgan fingerprint density at radius 2 is 1.00 bits per heavy atom. The fourth-order valence-electron chi connectivity index (χ4n) is 5.10. The molecule has 6 nitrogen and oxygen atoms in total. The molecule has 0 aromatic heterocycles. The molecule has 0 N–H and O–H groups in total. The van der Waals surface area contributed by atoms with Gasteiger partial charge in [0, 0.05) is 12.8 Å². The van der Waals surface area contributed by atoms with Gasteiger partial charge in [0.2, 0.25) is 0 Å². The molecule has 2 heterocycles. The van der Waals surface area contributed by atoms with Crippen LogP contribution in [0.5, 0.6) is 0 Å². The van der Waals surface area contributed by atoms with Crippen molar-refractivity contribution in [2.45, 2.75) is 180 Å². The summed E-state index contributed by atoms with van der Waals surface area (Å²) >= 11 is 0. The Balaban J connectivity index is 1.33. The van der Waals surface area contributed by atoms with E-state index < -0.39 is 6.10 Å². The number of rotatable bonds is 25. The summed E-state index contributed by atoms with van der Waals surface area (Å²) in [5.74, 6) is -0.406. The zero-order valence-electron chi connectivity index (χ0n) is 24.2. The van der Waals surface area contributed by atoms with Crippen molar-refractivity contribution in [1.29, 1.82) is 0 Å². The van der Waals surface area contributed by atoms with Gasteiger partial charge in [-0.05, 0) is 45.4 Å². The minimum absolute atomic E-state index is 0.138. The van der Waals surface area contributed by atoms with E-state index in [2.05, 4.69) is 13.8 Å². The minimum Gasteiger partial charge on any atom is -0.462 e. The van der Waals surface area contributed by atoms with Crippen LogP contribution >= 0.6 is 0 Å². The first-order chi connectivity index (χ1) is 18.0. The van der Waals surface area contributed by atoms with Crippen LogP contribution in [0.25, 0.3) is 0 Å². The zero-order valence-corrected chi connectivity index (χ0v) is 24.2. The molecule has 216 valence electrons. The molecule has 5 atom stereocenters. The first-order valence-corrected chi connectivity index (χ1v) is 15.7. The summed E-state index contributed by atoms with van der Waals surface area (Å²) in [7, 11) is 0. The minimum atomic E-state index is -0.397. The van der Waals surface area contributed by atoms with Crippen molar-refractivity contribution < 1.29 is 28.5 Å². The molecular formula is C31H56O6. The Labute approximate surface area is 226 Å². The predicted molar refractivity (Wildman–Crippen MR) is 148 cm³/mol. The second-order valence-electron chi connectivity index (χ2n) is 11.3. The predicted octanol–water partition coefficient (Wildman–Crippen LogP) is 7.84. The summed E-state index contributed by atoms with van der Waals surface area (Å²) in [5.41, 5.74) is 0. The molecule has 0 radical (unpaired) electrons. The summed E-state index contributed by atoms with van der Waals surface area (Å²) in [6, 6.07) is 0. The van der Waals surface area contributed by atoms with Crippen LogP contribution in [0.2, 0.25) is 0 Å². The quantitative estimate of drug-likeness (QED) is 0.0688. The van der Waals surface area contributed by atoms with E-state index in [9.17, 15) is 9.59 Å². The van der Waals surface area contributed by atoms with Gasteiger partial charge >= 0.3 is 11.9 Å². The first-order valence-electron chi connectivity index (χ1n) is 15.7. The number of hydrogen-bond donors (Lipinski definition) is 0. The third-order valence-electron chi connectivity index (χ3n) is 7.61. The number of epoxide rings is 2. The molecule has 0 bridgehead atoms. The number of esters is 2. The molecule has 0 aliphatic carbocycles. The standard InChI is InChI=1S/C31H56O6/c1-4-6-8-12-18-26-28(36-26)20-14-10-16-22-30(32)34-24-25(3)35-31(33)23-17-11-15-21-29-27(37-29)19-13-9-7-5-2/h25-29H,4-24H2,1-3H3. The Morgan fingerprint density at radius 3 is 1.43 bits per heavy atom. The molecule has 6 heteroatoms. The zero-order chi connectivity index (χ0) is 26.7. The highest BCUT2D eigenvalue weighted by atomic mass is 16.6. The maximum absolute atomic E-state index is 12.0. The fraction of sp³-hybridized carbons (Fsp3) is 0.935. The van der Waals surface area contributed by atoms with Crippen LogP contribution in [0, 0.1) is 0 Å². The highest BCUT2D eigenvalue weighted by Gasteiger charge is 2.37. The van der Waals surface area contributed by atoms with E-state index >= 15 is 0 Å². The molecular weight excluding hydrogens is 468 g/mol. The monoisotopic (exact) mass is 524 g/mol. The van der Waals surface area contributed by atoms with Crippen molar-refractivity contribution in [2.75, 3.05) is 6.61 Å². The van der Waals surface area contributed by atoms with E-state index in [0.29, 0.717) is 37.3 Å². The lowest BCUT2D eigenvalue weighted by Gasteiger charge is -2.13. The molecule has 0 aromatic carbocycles. The van der Waals surface area contributed by atoms with E-state index in [-0.39, 0.29) is 18.5 Å². The molecule has 2 aliphatic rings. The van der Waals surface area contributed by atoms with Gasteiger partial charge in [0.25, 0.3) is 0 Å². The molecule has 2 fully saturated rings. The Hall–Kier alpha value is -1.14. The van der Waals surface area contributed by atoms with E-state index in [4.69, 9.17) is 18.9 Å². The average molecular weight is 525 g/mol. The van der Waals surface area contributed by atoms with Gasteiger partial charge in [-0.2, -0.15) is 0 Å². The van der Waals surface area contributed by atoms with Crippen molar-refractivity contribution in [2.24, 2.45) is 0 Å². The van der Waals surface area contributed by atoms with Gasteiger partial charge in [-0.15, -0.1) is 0 Å². The molecule has 2 saturated heterocycles. The summed E-state index contributed by atoms with van der Waals surface area (Å²) < 4.78 is 22.2. The van der Waals surface area contributed by atoms with Gasteiger partial charge in [-0.1, -0.05) is 90.9 Å². The summed E-state index contributed by atoms with van der Waals surface area (Å²) in [6.45, 7) is 6.39. The van der Waals surface area contributed by atoms with Gasteiger partial charge < -0.3 is 18.9 Å². The van der Waals surface area contributed by atoms with Crippen LogP contribution in [0.15, 0.2) is 0 Å². The SMILES string of the molecule is CCCCCCC1OC1CCCCCC(=O)OCC(C)OC(=O)CCCCCC1OC1CCCCCC. The third-order valence-corrected chi connectivity index (χ3v) is 7.61. The lowest BCUT2D eigenvalue weighted by atomic mass is 10.1. The largest absolute Gasteiger partial charge is 0.462 e. The third kappa shape index (κ3) is 16.4. The molecule has 0 aromatic rings. The maximum Gasteiger partial charge on any atom is 0.306 e. The van der Waals surface area contributed by atoms with E-state index in [1.807, 2.05) is 0 Å². The highest BCUT2D eigenvalue weighted by molar-refractivity contribution is 5.70. The van der Waals surface area contributed by atoms with Crippen molar-refractivity contribution in [3.05, 3.63) is 0 Å². The number of unbranched alkanes of at least 4 members (excludes halogenated alkanes) is 10. The van der Waals surface area contributed by atoms with Gasteiger partial charge in [0.1, 0.15) is 12.7 Å². The van der Waals surface area contributed by atoms with E-state index in [1.165, 1.54) is 64.2 Å². The van der Waals surface area contributed by atoms with E-state index in [0.717, 1.165) is 51.4 Å². The second-order valence-corrected chi connectivity index (χ2v) is 11.3. The second kappa shape index (κ2) is 19.9. The van der Waals surface area contributed by atoms with Crippen molar-refractivity contribution in [3.8, 4) is 0 Å². The van der Waals surface area contributed by atoms with Crippen LogP contribution < -0.4 is 0 Å². The first kappa shape index (κ1) is 32.1. The maximum atomic E-state index is 12.0. The number of carbonyl (C=O) groups excluding carboxylic acids is 2. The summed E-state index contributed by atoms with van der Waals surface area (Å²) in [6.07, 6.45) is 23.3. The summed E-state index contributed by atoms with van der Waals surface area (Å²) in [4.78, 5) is 24.0. The van der Waals surface area contributed by atoms with Gasteiger partial charge in [-0.25, -0.2) is 0 Å². The van der Waals surface area contributed by atoms with Crippen LogP contribution in [0.1, 0.15) is 149 Å². The number of carbonyl (C=O) groups is 2. The molecule has 2 rings (SSSR count). The Bertz CT molecular complexity index is 609. The van der Waals surface area contributed by atoms with Gasteiger partial charge in [0.15, 0.2) is 0 Å². The van der Waals surface area contributed by atoms with Crippen LogP contribution in [-0.2, 0) is 28.5 Å². The molecule has 0 saturated carbocycles. The lowest BCUT2D eigenvalue weighted by Crippen LogP contribution is -2.22. The van der Waals surface area contributed by atoms with E-state index in [1.54, 1.807) is 6.92 Å². The Kier molecular flexibility index (Phi) is 17.2. The highest BCUT2D eigenvalue weighted by Crippen LogP contribution is 2.32. The van der Waals surface area contributed by atoms with Crippen LogP contribution in [0.4, 0.5) is 0 Å². The molecule has 0 spiro atoms. The molecule has 2 aliphatic heterocycles. The van der Waals surface area contributed by atoms with Crippen LogP contribution in [0.3, 0.4) is 0 Å². The van der Waals surface area contributed by atoms with Crippen molar-refractivity contribution in [3.63, 3.8) is 0 Å². The molecule has 37 heavy (non-hydrogen) atoms. The van der Waals surface area contributed by atoms with Crippen molar-refractivity contribution >= 4 is 11.9 Å². The normalized spacial score (nSPS) is 23.0. The van der Waals surface area contributed by atoms with Gasteiger partial charge in [0.05, 0.1) is 24.4 Å². The molecule has 0 amide bonds. The van der Waals surface area contributed by atoms with Crippen LogP contribution in [-0.4, -0.2) is 49.1 Å². The number of hydrogen-bond acceptors (Lipinski definition) is 6. The summed E-state index contributed by atoms with van der Waals surface area (Å²) in [5, 5.41) is 0. The van der Waals surface area contributed by atoms with Crippen molar-refractivity contribution in [1.82, 2.24) is 0 Å².